The van der Waals surface area contributed by atoms with Crippen molar-refractivity contribution in [2.75, 3.05) is 18.1 Å². The predicted molar refractivity (Wildman–Crippen MR) is 105 cm³/mol. The van der Waals surface area contributed by atoms with Crippen molar-refractivity contribution in [3.63, 3.8) is 0 Å². The SMILES string of the molecule is CCN(C(=O)CCc1csc(-c2ccccc2C)n1)C1CCS(=O)(=O)C1. The molecule has 1 saturated heterocycles. The van der Waals surface area contributed by atoms with Crippen LogP contribution < -0.4 is 0 Å². The van der Waals surface area contributed by atoms with Crippen LogP contribution in [0.5, 0.6) is 0 Å². The van der Waals surface area contributed by atoms with Crippen molar-refractivity contribution in [2.24, 2.45) is 0 Å². The summed E-state index contributed by atoms with van der Waals surface area (Å²) in [7, 11) is -2.99. The van der Waals surface area contributed by atoms with Gasteiger partial charge in [-0.25, -0.2) is 13.4 Å². The highest BCUT2D eigenvalue weighted by Crippen LogP contribution is 2.27. The van der Waals surface area contributed by atoms with E-state index in [1.807, 2.05) is 24.4 Å². The number of thiazole rings is 1. The summed E-state index contributed by atoms with van der Waals surface area (Å²) >= 11 is 1.59. The Hall–Kier alpha value is -1.73. The maximum Gasteiger partial charge on any atom is 0.223 e. The van der Waals surface area contributed by atoms with Gasteiger partial charge in [0, 0.05) is 30.0 Å². The van der Waals surface area contributed by atoms with Crippen molar-refractivity contribution in [2.45, 2.75) is 39.2 Å². The van der Waals surface area contributed by atoms with Gasteiger partial charge in [0.25, 0.3) is 0 Å². The van der Waals surface area contributed by atoms with Crippen LogP contribution in [-0.4, -0.2) is 48.3 Å². The lowest BCUT2D eigenvalue weighted by molar-refractivity contribution is -0.132. The summed E-state index contributed by atoms with van der Waals surface area (Å²) in [6.45, 7) is 4.52. The van der Waals surface area contributed by atoms with Gasteiger partial charge >= 0.3 is 0 Å². The zero-order valence-corrected chi connectivity index (χ0v) is 16.8. The number of hydrogen-bond donors (Lipinski definition) is 0. The molecule has 0 spiro atoms. The average molecular weight is 393 g/mol. The summed E-state index contributed by atoms with van der Waals surface area (Å²) in [5.74, 6) is 0.300. The Balaban J connectivity index is 1.62. The van der Waals surface area contributed by atoms with E-state index in [4.69, 9.17) is 0 Å². The molecule has 1 aromatic heterocycles. The summed E-state index contributed by atoms with van der Waals surface area (Å²) in [4.78, 5) is 19.0. The molecule has 1 atom stereocenters. The standard InChI is InChI=1S/C19H24N2O3S2/c1-3-21(16-10-11-26(23,24)13-16)18(22)9-8-15-12-25-19(20-15)17-7-5-4-6-14(17)2/h4-7,12,16H,3,8-11,13H2,1-2H3. The molecule has 26 heavy (non-hydrogen) atoms. The molecule has 2 aromatic rings. The molecule has 1 fully saturated rings. The number of sulfone groups is 1. The normalized spacial score (nSPS) is 18.8. The number of amides is 1. The van der Waals surface area contributed by atoms with Gasteiger partial charge < -0.3 is 4.90 Å². The predicted octanol–water partition coefficient (Wildman–Crippen LogP) is 3.09. The zero-order chi connectivity index (χ0) is 18.7. The Morgan fingerprint density at radius 2 is 2.12 bits per heavy atom. The summed E-state index contributed by atoms with van der Waals surface area (Å²) in [6.07, 6.45) is 1.49. The second-order valence-electron chi connectivity index (χ2n) is 6.70. The summed E-state index contributed by atoms with van der Waals surface area (Å²) in [5, 5.41) is 2.98. The molecule has 5 nitrogen and oxygen atoms in total. The fourth-order valence-electron chi connectivity index (χ4n) is 3.40. The average Bonchev–Trinajstić information content (AvgIpc) is 3.21. The molecular weight excluding hydrogens is 368 g/mol. The highest BCUT2D eigenvalue weighted by atomic mass is 32.2. The van der Waals surface area contributed by atoms with Crippen LogP contribution in [0.4, 0.5) is 0 Å². The molecular formula is C19H24N2O3S2. The highest BCUT2D eigenvalue weighted by molar-refractivity contribution is 7.91. The van der Waals surface area contributed by atoms with E-state index >= 15 is 0 Å². The highest BCUT2D eigenvalue weighted by Gasteiger charge is 2.33. The number of carbonyl (C=O) groups is 1. The van der Waals surface area contributed by atoms with Crippen molar-refractivity contribution in [1.82, 2.24) is 9.88 Å². The van der Waals surface area contributed by atoms with Gasteiger partial charge in [-0.3, -0.25) is 4.79 Å². The molecule has 1 aliphatic heterocycles. The number of carbonyl (C=O) groups excluding carboxylic acids is 1. The van der Waals surface area contributed by atoms with E-state index in [1.165, 1.54) is 5.56 Å². The Labute approximate surface area is 159 Å². The zero-order valence-electron chi connectivity index (χ0n) is 15.1. The minimum Gasteiger partial charge on any atom is -0.339 e. The second kappa shape index (κ2) is 7.88. The Morgan fingerprint density at radius 3 is 2.77 bits per heavy atom. The Kier molecular flexibility index (Phi) is 5.77. The van der Waals surface area contributed by atoms with Gasteiger partial charge in [0.2, 0.25) is 5.91 Å². The lowest BCUT2D eigenvalue weighted by Crippen LogP contribution is -2.41. The molecule has 2 heterocycles. The van der Waals surface area contributed by atoms with Gasteiger partial charge in [-0.1, -0.05) is 24.3 Å². The van der Waals surface area contributed by atoms with Crippen LogP contribution >= 0.6 is 11.3 Å². The lowest BCUT2D eigenvalue weighted by atomic mass is 10.1. The van der Waals surface area contributed by atoms with E-state index in [0.29, 0.717) is 25.8 Å². The van der Waals surface area contributed by atoms with E-state index in [2.05, 4.69) is 24.0 Å². The maximum absolute atomic E-state index is 12.6. The van der Waals surface area contributed by atoms with Crippen molar-refractivity contribution < 1.29 is 13.2 Å². The maximum atomic E-state index is 12.6. The number of rotatable bonds is 6. The third kappa shape index (κ3) is 4.32. The van der Waals surface area contributed by atoms with E-state index in [-0.39, 0.29) is 23.5 Å². The first-order valence-electron chi connectivity index (χ1n) is 8.90. The minimum atomic E-state index is -2.99. The Bertz CT molecular complexity index is 890. The summed E-state index contributed by atoms with van der Waals surface area (Å²) < 4.78 is 23.4. The van der Waals surface area contributed by atoms with Gasteiger partial charge in [0.1, 0.15) is 5.01 Å². The molecule has 0 N–H and O–H groups in total. The largest absolute Gasteiger partial charge is 0.339 e. The van der Waals surface area contributed by atoms with Gasteiger partial charge in [-0.05, 0) is 32.3 Å². The van der Waals surface area contributed by atoms with E-state index in [0.717, 1.165) is 16.3 Å². The molecule has 0 bridgehead atoms. The van der Waals surface area contributed by atoms with Gasteiger partial charge in [-0.15, -0.1) is 11.3 Å². The van der Waals surface area contributed by atoms with E-state index < -0.39 is 9.84 Å². The van der Waals surface area contributed by atoms with E-state index in [1.54, 1.807) is 16.2 Å². The molecule has 1 aliphatic rings. The van der Waals surface area contributed by atoms with Crippen molar-refractivity contribution >= 4 is 27.1 Å². The fourth-order valence-corrected chi connectivity index (χ4v) is 6.07. The summed E-state index contributed by atoms with van der Waals surface area (Å²) in [6, 6.07) is 7.96. The topological polar surface area (TPSA) is 67.3 Å². The molecule has 1 unspecified atom stereocenters. The third-order valence-corrected chi connectivity index (χ3v) is 7.51. The van der Waals surface area contributed by atoms with E-state index in [9.17, 15) is 13.2 Å². The van der Waals surface area contributed by atoms with Crippen LogP contribution in [0.1, 0.15) is 31.0 Å². The molecule has 0 aliphatic carbocycles. The first-order chi connectivity index (χ1) is 12.4. The fraction of sp³-hybridized carbons (Fsp3) is 0.474. The quantitative estimate of drug-likeness (QED) is 0.758. The first kappa shape index (κ1) is 19.0. The lowest BCUT2D eigenvalue weighted by Gasteiger charge is -2.26. The number of hydrogen-bond acceptors (Lipinski definition) is 5. The molecule has 140 valence electrons. The molecule has 0 radical (unpaired) electrons. The number of aryl methyl sites for hydroxylation is 2. The minimum absolute atomic E-state index is 0.0139. The number of nitrogens with zero attached hydrogens (tertiary/aromatic N) is 2. The van der Waals surface area contributed by atoms with Crippen molar-refractivity contribution in [3.05, 3.63) is 40.9 Å². The van der Waals surface area contributed by atoms with Crippen molar-refractivity contribution in [3.8, 4) is 10.6 Å². The van der Waals surface area contributed by atoms with Crippen LogP contribution in [-0.2, 0) is 21.1 Å². The van der Waals surface area contributed by atoms with Crippen molar-refractivity contribution in [1.29, 1.82) is 0 Å². The monoisotopic (exact) mass is 392 g/mol. The first-order valence-corrected chi connectivity index (χ1v) is 11.6. The Morgan fingerprint density at radius 1 is 1.35 bits per heavy atom. The number of benzene rings is 1. The number of aromatic nitrogens is 1. The molecule has 3 rings (SSSR count). The van der Waals surface area contributed by atoms with Crippen LogP contribution in [0.2, 0.25) is 0 Å². The summed E-state index contributed by atoms with van der Waals surface area (Å²) in [5.41, 5.74) is 3.22. The van der Waals surface area contributed by atoms with Gasteiger partial charge in [0.05, 0.1) is 17.2 Å². The second-order valence-corrected chi connectivity index (χ2v) is 9.78. The van der Waals surface area contributed by atoms with Crippen LogP contribution in [0, 0.1) is 6.92 Å². The van der Waals surface area contributed by atoms with Gasteiger partial charge in [-0.2, -0.15) is 0 Å². The van der Waals surface area contributed by atoms with Crippen LogP contribution in [0.15, 0.2) is 29.6 Å². The van der Waals surface area contributed by atoms with Crippen LogP contribution in [0.3, 0.4) is 0 Å². The smallest absolute Gasteiger partial charge is 0.223 e. The molecule has 0 saturated carbocycles. The molecule has 1 amide bonds. The third-order valence-electron chi connectivity index (χ3n) is 4.83. The molecule has 7 heteroatoms. The molecule has 1 aromatic carbocycles. The van der Waals surface area contributed by atoms with Crippen LogP contribution in [0.25, 0.3) is 10.6 Å². The van der Waals surface area contributed by atoms with Gasteiger partial charge in [0.15, 0.2) is 9.84 Å².